The third kappa shape index (κ3) is 6.20. The minimum atomic E-state index is -2.01. The molecular formula is C17H22F4O2. The lowest BCUT2D eigenvalue weighted by atomic mass is 10.1. The van der Waals surface area contributed by atoms with Crippen LogP contribution in [0.15, 0.2) is 6.07 Å². The molecule has 0 aliphatic carbocycles. The second-order valence-corrected chi connectivity index (χ2v) is 5.46. The second-order valence-electron chi connectivity index (χ2n) is 5.46. The minimum absolute atomic E-state index is 0.0356. The maximum atomic E-state index is 13.4. The highest BCUT2D eigenvalue weighted by molar-refractivity contribution is 5.89. The fraction of sp³-hybridized carbons (Fsp3) is 0.588. The van der Waals surface area contributed by atoms with Crippen molar-refractivity contribution < 1.29 is 27.1 Å². The maximum absolute atomic E-state index is 13.4. The third-order valence-electron chi connectivity index (χ3n) is 3.55. The molecule has 130 valence electrons. The van der Waals surface area contributed by atoms with Crippen molar-refractivity contribution in [2.75, 3.05) is 6.61 Å². The lowest BCUT2D eigenvalue weighted by molar-refractivity contribution is 0.0490. The van der Waals surface area contributed by atoms with Crippen molar-refractivity contribution in [2.24, 2.45) is 0 Å². The molecule has 0 saturated heterocycles. The van der Waals surface area contributed by atoms with Crippen LogP contribution in [0.4, 0.5) is 17.6 Å². The molecule has 0 radical (unpaired) electrons. The van der Waals surface area contributed by atoms with Crippen LogP contribution in [0.3, 0.4) is 0 Å². The molecule has 0 bridgehead atoms. The van der Waals surface area contributed by atoms with Gasteiger partial charge in [-0.2, -0.15) is 0 Å². The van der Waals surface area contributed by atoms with Crippen LogP contribution in [-0.4, -0.2) is 12.6 Å². The van der Waals surface area contributed by atoms with Gasteiger partial charge in [0.1, 0.15) is 5.56 Å². The van der Waals surface area contributed by atoms with Gasteiger partial charge in [0.2, 0.25) is 0 Å². The van der Waals surface area contributed by atoms with E-state index in [0.717, 1.165) is 19.3 Å². The second kappa shape index (κ2) is 10.2. The van der Waals surface area contributed by atoms with E-state index in [-0.39, 0.29) is 6.61 Å². The SMILES string of the molecule is CCCCCCCCCCOC(=O)c1cc(F)c(F)c(F)c1F. The Bertz CT molecular complexity index is 518. The predicted molar refractivity (Wildman–Crippen MR) is 79.2 cm³/mol. The van der Waals surface area contributed by atoms with Gasteiger partial charge in [-0.15, -0.1) is 0 Å². The van der Waals surface area contributed by atoms with Gasteiger partial charge in [-0.3, -0.25) is 0 Å². The summed E-state index contributed by atoms with van der Waals surface area (Å²) in [5.74, 6) is -8.50. The molecule has 0 spiro atoms. The lowest BCUT2D eigenvalue weighted by Crippen LogP contribution is -2.12. The van der Waals surface area contributed by atoms with Crippen molar-refractivity contribution in [3.63, 3.8) is 0 Å². The van der Waals surface area contributed by atoms with E-state index in [1.165, 1.54) is 25.7 Å². The zero-order valence-electron chi connectivity index (χ0n) is 13.3. The van der Waals surface area contributed by atoms with Gasteiger partial charge in [0.25, 0.3) is 0 Å². The van der Waals surface area contributed by atoms with Crippen LogP contribution in [0.25, 0.3) is 0 Å². The van der Waals surface area contributed by atoms with Crippen LogP contribution in [0.2, 0.25) is 0 Å². The van der Waals surface area contributed by atoms with E-state index < -0.39 is 34.8 Å². The van der Waals surface area contributed by atoms with Gasteiger partial charge in [0.05, 0.1) is 6.61 Å². The first-order valence-electron chi connectivity index (χ1n) is 7.99. The summed E-state index contributed by atoms with van der Waals surface area (Å²) in [6.45, 7) is 2.18. The topological polar surface area (TPSA) is 26.3 Å². The Morgan fingerprint density at radius 1 is 0.870 bits per heavy atom. The number of unbranched alkanes of at least 4 members (excludes halogenated alkanes) is 7. The normalized spacial score (nSPS) is 10.8. The molecule has 0 atom stereocenters. The molecule has 0 N–H and O–H groups in total. The quantitative estimate of drug-likeness (QED) is 0.185. The highest BCUT2D eigenvalue weighted by Crippen LogP contribution is 2.19. The molecule has 0 saturated carbocycles. The zero-order chi connectivity index (χ0) is 17.2. The van der Waals surface area contributed by atoms with Crippen molar-refractivity contribution in [3.8, 4) is 0 Å². The Labute approximate surface area is 133 Å². The van der Waals surface area contributed by atoms with E-state index >= 15 is 0 Å². The lowest BCUT2D eigenvalue weighted by Gasteiger charge is -2.07. The highest BCUT2D eigenvalue weighted by atomic mass is 19.2. The summed E-state index contributed by atoms with van der Waals surface area (Å²) in [4.78, 5) is 11.6. The molecule has 0 unspecified atom stereocenters. The Morgan fingerprint density at radius 3 is 2.04 bits per heavy atom. The summed E-state index contributed by atoms with van der Waals surface area (Å²) < 4.78 is 57.0. The Kier molecular flexibility index (Phi) is 8.66. The fourth-order valence-electron chi connectivity index (χ4n) is 2.20. The molecule has 6 heteroatoms. The average molecular weight is 334 g/mol. The average Bonchev–Trinajstić information content (AvgIpc) is 2.54. The molecule has 1 rings (SSSR count). The van der Waals surface area contributed by atoms with Gasteiger partial charge in [0, 0.05) is 0 Å². The summed E-state index contributed by atoms with van der Waals surface area (Å²) >= 11 is 0. The number of benzene rings is 1. The summed E-state index contributed by atoms with van der Waals surface area (Å²) in [6.07, 6.45) is 8.37. The zero-order valence-corrected chi connectivity index (χ0v) is 13.3. The van der Waals surface area contributed by atoms with Crippen LogP contribution in [0.5, 0.6) is 0 Å². The van der Waals surface area contributed by atoms with Crippen molar-refractivity contribution >= 4 is 5.97 Å². The number of carbonyl (C=O) groups is 1. The molecule has 0 heterocycles. The molecule has 23 heavy (non-hydrogen) atoms. The van der Waals surface area contributed by atoms with Gasteiger partial charge in [0.15, 0.2) is 23.3 Å². The van der Waals surface area contributed by atoms with Gasteiger partial charge in [-0.05, 0) is 12.5 Å². The van der Waals surface area contributed by atoms with Gasteiger partial charge < -0.3 is 4.74 Å². The molecule has 0 amide bonds. The van der Waals surface area contributed by atoms with Crippen LogP contribution in [0.1, 0.15) is 68.6 Å². The first kappa shape index (κ1) is 19.5. The van der Waals surface area contributed by atoms with Gasteiger partial charge in [-0.1, -0.05) is 51.9 Å². The van der Waals surface area contributed by atoms with Gasteiger partial charge in [-0.25, -0.2) is 22.4 Å². The highest BCUT2D eigenvalue weighted by Gasteiger charge is 2.23. The third-order valence-corrected chi connectivity index (χ3v) is 3.55. The first-order chi connectivity index (χ1) is 11.0. The van der Waals surface area contributed by atoms with E-state index in [2.05, 4.69) is 6.92 Å². The monoisotopic (exact) mass is 334 g/mol. The molecule has 0 fully saturated rings. The molecule has 1 aromatic rings. The van der Waals surface area contributed by atoms with E-state index in [9.17, 15) is 22.4 Å². The Hall–Kier alpha value is -1.59. The standard InChI is InChI=1S/C17H22F4O2/c1-2-3-4-5-6-7-8-9-10-23-17(22)12-11-13(18)15(20)16(21)14(12)19/h11H,2-10H2,1H3. The minimum Gasteiger partial charge on any atom is -0.462 e. The molecule has 0 aliphatic heterocycles. The Balaban J connectivity index is 2.30. The summed E-state index contributed by atoms with van der Waals surface area (Å²) in [6, 6.07) is 0.309. The maximum Gasteiger partial charge on any atom is 0.341 e. The summed E-state index contributed by atoms with van der Waals surface area (Å²) in [7, 11) is 0. The number of hydrogen-bond acceptors (Lipinski definition) is 2. The van der Waals surface area contributed by atoms with Crippen molar-refractivity contribution in [1.82, 2.24) is 0 Å². The molecular weight excluding hydrogens is 312 g/mol. The van der Waals surface area contributed by atoms with Crippen LogP contribution in [0, 0.1) is 23.3 Å². The van der Waals surface area contributed by atoms with Gasteiger partial charge >= 0.3 is 5.97 Å². The van der Waals surface area contributed by atoms with E-state index in [1.54, 1.807) is 0 Å². The largest absolute Gasteiger partial charge is 0.462 e. The van der Waals surface area contributed by atoms with E-state index in [4.69, 9.17) is 4.74 Å². The number of halogens is 4. The molecule has 0 aliphatic rings. The summed E-state index contributed by atoms with van der Waals surface area (Å²) in [5.41, 5.74) is -0.930. The Morgan fingerprint density at radius 2 is 1.43 bits per heavy atom. The van der Waals surface area contributed by atoms with Crippen LogP contribution in [-0.2, 0) is 4.74 Å². The molecule has 1 aromatic carbocycles. The number of ether oxygens (including phenoxy) is 1. The molecule has 0 aromatic heterocycles. The van der Waals surface area contributed by atoms with Crippen molar-refractivity contribution in [3.05, 3.63) is 34.9 Å². The number of hydrogen-bond donors (Lipinski definition) is 0. The van der Waals surface area contributed by atoms with Crippen molar-refractivity contribution in [1.29, 1.82) is 0 Å². The fourth-order valence-corrected chi connectivity index (χ4v) is 2.20. The van der Waals surface area contributed by atoms with E-state index in [0.29, 0.717) is 12.5 Å². The first-order valence-corrected chi connectivity index (χ1v) is 7.99. The van der Waals surface area contributed by atoms with Crippen molar-refractivity contribution in [2.45, 2.75) is 58.3 Å². The molecule has 2 nitrogen and oxygen atoms in total. The predicted octanol–water partition coefficient (Wildman–Crippen LogP) is 5.54. The number of carbonyl (C=O) groups excluding carboxylic acids is 1. The van der Waals surface area contributed by atoms with E-state index in [1.807, 2.05) is 0 Å². The smallest absolute Gasteiger partial charge is 0.341 e. The summed E-state index contributed by atoms with van der Waals surface area (Å²) in [5, 5.41) is 0. The van der Waals surface area contributed by atoms with Crippen LogP contribution >= 0.6 is 0 Å². The van der Waals surface area contributed by atoms with Crippen LogP contribution < -0.4 is 0 Å². The number of esters is 1. The number of rotatable bonds is 10.